The van der Waals surface area contributed by atoms with Crippen LogP contribution in [0.4, 0.5) is 0 Å². The molecule has 1 aliphatic carbocycles. The fourth-order valence-electron chi connectivity index (χ4n) is 2.50. The van der Waals surface area contributed by atoms with Crippen molar-refractivity contribution in [3.05, 3.63) is 28.2 Å². The van der Waals surface area contributed by atoms with Crippen molar-refractivity contribution in [3.63, 3.8) is 0 Å². The number of aliphatic hydroxyl groups excluding tert-OH is 1. The summed E-state index contributed by atoms with van der Waals surface area (Å²) in [5, 5.41) is 9.52. The normalized spacial score (nSPS) is 28.6. The van der Waals surface area contributed by atoms with Crippen LogP contribution in [0, 0.1) is 0 Å². The highest BCUT2D eigenvalue weighted by Gasteiger charge is 2.46. The van der Waals surface area contributed by atoms with Crippen molar-refractivity contribution in [1.29, 1.82) is 0 Å². The van der Waals surface area contributed by atoms with Crippen LogP contribution < -0.4 is 10.5 Å². The zero-order chi connectivity index (χ0) is 11.8. The van der Waals surface area contributed by atoms with Crippen molar-refractivity contribution >= 4 is 15.9 Å². The smallest absolute Gasteiger partial charge is 0.123 e. The summed E-state index contributed by atoms with van der Waals surface area (Å²) in [7, 11) is 1.66. The Labute approximate surface area is 104 Å². The molecule has 0 aromatic heterocycles. The van der Waals surface area contributed by atoms with E-state index in [0.29, 0.717) is 19.4 Å². The van der Waals surface area contributed by atoms with E-state index in [2.05, 4.69) is 15.9 Å². The van der Waals surface area contributed by atoms with E-state index in [1.54, 1.807) is 7.11 Å². The Kier molecular flexibility index (Phi) is 3.24. The van der Waals surface area contributed by atoms with Gasteiger partial charge in [0.2, 0.25) is 0 Å². The summed E-state index contributed by atoms with van der Waals surface area (Å²) in [4.78, 5) is 0. The van der Waals surface area contributed by atoms with Crippen LogP contribution in [0.15, 0.2) is 22.7 Å². The standard InChI is InChI=1S/C12H16BrNO2/c1-16-10-4-2-3-9(13)11(10)12(7-14)5-8(15)6-12/h2-4,8,15H,5-7,14H2,1H3. The lowest BCUT2D eigenvalue weighted by molar-refractivity contribution is 0.0207. The van der Waals surface area contributed by atoms with Gasteiger partial charge in [-0.15, -0.1) is 0 Å². The SMILES string of the molecule is COc1cccc(Br)c1C1(CN)CC(O)C1. The molecular formula is C12H16BrNO2. The molecule has 16 heavy (non-hydrogen) atoms. The third-order valence-corrected chi connectivity index (χ3v) is 4.03. The number of nitrogens with two attached hydrogens (primary N) is 1. The minimum absolute atomic E-state index is 0.134. The van der Waals surface area contributed by atoms with Gasteiger partial charge in [0.1, 0.15) is 5.75 Å². The molecule has 1 saturated carbocycles. The fraction of sp³-hybridized carbons (Fsp3) is 0.500. The summed E-state index contributed by atoms with van der Waals surface area (Å²) in [6.45, 7) is 0.531. The van der Waals surface area contributed by atoms with Crippen LogP contribution in [0.25, 0.3) is 0 Å². The molecule has 3 N–H and O–H groups in total. The second-order valence-electron chi connectivity index (χ2n) is 4.36. The van der Waals surface area contributed by atoms with Crippen molar-refractivity contribution < 1.29 is 9.84 Å². The lowest BCUT2D eigenvalue weighted by Crippen LogP contribution is -2.50. The Morgan fingerprint density at radius 1 is 1.56 bits per heavy atom. The van der Waals surface area contributed by atoms with Gasteiger partial charge < -0.3 is 15.6 Å². The molecule has 1 aromatic carbocycles. The summed E-state index contributed by atoms with van der Waals surface area (Å²) >= 11 is 3.54. The van der Waals surface area contributed by atoms with E-state index in [9.17, 15) is 5.11 Å². The molecule has 1 fully saturated rings. The zero-order valence-electron chi connectivity index (χ0n) is 9.24. The average molecular weight is 286 g/mol. The number of ether oxygens (including phenoxy) is 1. The first-order valence-corrected chi connectivity index (χ1v) is 6.13. The van der Waals surface area contributed by atoms with Gasteiger partial charge >= 0.3 is 0 Å². The van der Waals surface area contributed by atoms with Crippen molar-refractivity contribution in [1.82, 2.24) is 0 Å². The van der Waals surface area contributed by atoms with Gasteiger partial charge in [0.15, 0.2) is 0 Å². The number of hydrogen-bond acceptors (Lipinski definition) is 3. The molecular weight excluding hydrogens is 270 g/mol. The molecule has 4 heteroatoms. The van der Waals surface area contributed by atoms with Crippen LogP contribution in [0.3, 0.4) is 0 Å². The number of methoxy groups -OCH3 is 1. The Hall–Kier alpha value is -0.580. The molecule has 2 rings (SSSR count). The van der Waals surface area contributed by atoms with Crippen molar-refractivity contribution in [3.8, 4) is 5.75 Å². The van der Waals surface area contributed by atoms with Gasteiger partial charge in [0.05, 0.1) is 13.2 Å². The molecule has 88 valence electrons. The second kappa shape index (κ2) is 4.35. The maximum Gasteiger partial charge on any atom is 0.123 e. The van der Waals surface area contributed by atoms with Gasteiger partial charge in [-0.05, 0) is 25.0 Å². The van der Waals surface area contributed by atoms with E-state index in [1.165, 1.54) is 0 Å². The Bertz CT molecular complexity index is 389. The van der Waals surface area contributed by atoms with E-state index < -0.39 is 0 Å². The van der Waals surface area contributed by atoms with Crippen molar-refractivity contribution in [2.24, 2.45) is 5.73 Å². The quantitative estimate of drug-likeness (QED) is 0.891. The van der Waals surface area contributed by atoms with E-state index in [0.717, 1.165) is 15.8 Å². The molecule has 0 unspecified atom stereocenters. The molecule has 0 bridgehead atoms. The molecule has 0 aliphatic heterocycles. The number of aliphatic hydroxyl groups is 1. The van der Waals surface area contributed by atoms with Crippen LogP contribution in [0.2, 0.25) is 0 Å². The van der Waals surface area contributed by atoms with Gasteiger partial charge in [0, 0.05) is 22.0 Å². The zero-order valence-corrected chi connectivity index (χ0v) is 10.8. The minimum Gasteiger partial charge on any atom is -0.496 e. The summed E-state index contributed by atoms with van der Waals surface area (Å²) in [6.07, 6.45) is 1.19. The summed E-state index contributed by atoms with van der Waals surface area (Å²) in [6, 6.07) is 5.86. The molecule has 0 atom stereocenters. The van der Waals surface area contributed by atoms with Gasteiger partial charge in [0.25, 0.3) is 0 Å². The van der Waals surface area contributed by atoms with Gasteiger partial charge in [-0.1, -0.05) is 22.0 Å². The predicted molar refractivity (Wildman–Crippen MR) is 66.7 cm³/mol. The van der Waals surface area contributed by atoms with Crippen molar-refractivity contribution in [2.75, 3.05) is 13.7 Å². The molecule has 1 aliphatic rings. The van der Waals surface area contributed by atoms with E-state index in [-0.39, 0.29) is 11.5 Å². The summed E-state index contributed by atoms with van der Waals surface area (Å²) < 4.78 is 6.38. The molecule has 3 nitrogen and oxygen atoms in total. The van der Waals surface area contributed by atoms with Crippen LogP contribution >= 0.6 is 15.9 Å². The summed E-state index contributed by atoms with van der Waals surface area (Å²) in [5.41, 5.74) is 6.82. The van der Waals surface area contributed by atoms with Crippen LogP contribution in [-0.2, 0) is 5.41 Å². The number of rotatable bonds is 3. The third-order valence-electron chi connectivity index (χ3n) is 3.37. The molecule has 1 aromatic rings. The first kappa shape index (κ1) is 11.9. The lowest BCUT2D eigenvalue weighted by Gasteiger charge is -2.46. The third kappa shape index (κ3) is 1.75. The monoisotopic (exact) mass is 285 g/mol. The van der Waals surface area contributed by atoms with E-state index >= 15 is 0 Å². The van der Waals surface area contributed by atoms with Crippen LogP contribution in [0.1, 0.15) is 18.4 Å². The average Bonchev–Trinajstić information content (AvgIpc) is 2.24. The second-order valence-corrected chi connectivity index (χ2v) is 5.22. The van der Waals surface area contributed by atoms with Crippen LogP contribution in [-0.4, -0.2) is 24.9 Å². The minimum atomic E-state index is -0.236. The Morgan fingerprint density at radius 2 is 2.25 bits per heavy atom. The Morgan fingerprint density at radius 3 is 2.75 bits per heavy atom. The number of halogens is 1. The highest BCUT2D eigenvalue weighted by molar-refractivity contribution is 9.10. The lowest BCUT2D eigenvalue weighted by atomic mass is 9.62. The maximum atomic E-state index is 9.52. The predicted octanol–water partition coefficient (Wildman–Crippen LogP) is 1.81. The molecule has 0 saturated heterocycles. The molecule has 0 spiro atoms. The van der Waals surface area contributed by atoms with Crippen molar-refractivity contribution in [2.45, 2.75) is 24.4 Å². The van der Waals surface area contributed by atoms with E-state index in [1.807, 2.05) is 18.2 Å². The first-order chi connectivity index (χ1) is 7.63. The fourth-order valence-corrected chi connectivity index (χ4v) is 3.27. The highest BCUT2D eigenvalue weighted by Crippen LogP contribution is 2.49. The van der Waals surface area contributed by atoms with Gasteiger partial charge in [-0.25, -0.2) is 0 Å². The van der Waals surface area contributed by atoms with Gasteiger partial charge in [-0.3, -0.25) is 0 Å². The summed E-state index contributed by atoms with van der Waals surface area (Å²) in [5.74, 6) is 0.840. The molecule has 0 radical (unpaired) electrons. The topological polar surface area (TPSA) is 55.5 Å². The first-order valence-electron chi connectivity index (χ1n) is 5.34. The molecule has 0 heterocycles. The largest absolute Gasteiger partial charge is 0.496 e. The van der Waals surface area contributed by atoms with Gasteiger partial charge in [-0.2, -0.15) is 0 Å². The maximum absolute atomic E-state index is 9.52. The molecule has 0 amide bonds. The number of hydrogen-bond donors (Lipinski definition) is 2. The van der Waals surface area contributed by atoms with Crippen LogP contribution in [0.5, 0.6) is 5.75 Å². The highest BCUT2D eigenvalue weighted by atomic mass is 79.9. The Balaban J connectivity index is 2.46. The van der Waals surface area contributed by atoms with E-state index in [4.69, 9.17) is 10.5 Å². The number of benzene rings is 1.